The number of halogens is 2. The van der Waals surface area contributed by atoms with Crippen molar-refractivity contribution in [2.45, 2.75) is 0 Å². The van der Waals surface area contributed by atoms with Crippen LogP contribution in [0.5, 0.6) is 5.75 Å². The van der Waals surface area contributed by atoms with E-state index in [4.69, 9.17) is 11.6 Å². The molecular formula is C8H4ClIN2O. The lowest BCUT2D eigenvalue weighted by atomic mass is 10.3. The molecule has 0 radical (unpaired) electrons. The van der Waals surface area contributed by atoms with Crippen molar-refractivity contribution in [1.29, 1.82) is 0 Å². The van der Waals surface area contributed by atoms with Crippen molar-refractivity contribution in [3.05, 3.63) is 27.2 Å². The van der Waals surface area contributed by atoms with Crippen molar-refractivity contribution >= 4 is 45.1 Å². The van der Waals surface area contributed by atoms with Crippen LogP contribution in [-0.4, -0.2) is 15.1 Å². The Bertz CT molecular complexity index is 475. The average molecular weight is 306 g/mol. The summed E-state index contributed by atoms with van der Waals surface area (Å²) in [7, 11) is 0. The summed E-state index contributed by atoms with van der Waals surface area (Å²) in [4.78, 5) is 8.04. The maximum Gasteiger partial charge on any atom is 0.148 e. The average Bonchev–Trinajstić information content (AvgIpc) is 2.08. The molecule has 0 spiro atoms. The van der Waals surface area contributed by atoms with Gasteiger partial charge in [0.15, 0.2) is 0 Å². The fourth-order valence-electron chi connectivity index (χ4n) is 1.01. The quantitative estimate of drug-likeness (QED) is 0.601. The molecule has 66 valence electrons. The molecule has 0 aliphatic rings. The minimum Gasteiger partial charge on any atom is -0.505 e. The van der Waals surface area contributed by atoms with Crippen LogP contribution in [-0.2, 0) is 0 Å². The third kappa shape index (κ3) is 1.68. The predicted molar refractivity (Wildman–Crippen MR) is 58.9 cm³/mol. The second kappa shape index (κ2) is 3.26. The maximum atomic E-state index is 9.36. The molecule has 2 aromatic rings. The van der Waals surface area contributed by atoms with Crippen LogP contribution < -0.4 is 0 Å². The summed E-state index contributed by atoms with van der Waals surface area (Å²) >= 11 is 7.65. The summed E-state index contributed by atoms with van der Waals surface area (Å²) in [6.45, 7) is 0. The van der Waals surface area contributed by atoms with Crippen LogP contribution in [0.4, 0.5) is 0 Å². The van der Waals surface area contributed by atoms with Crippen molar-refractivity contribution in [3.63, 3.8) is 0 Å². The molecule has 0 unspecified atom stereocenters. The van der Waals surface area contributed by atoms with Crippen LogP contribution >= 0.6 is 34.2 Å². The van der Waals surface area contributed by atoms with Gasteiger partial charge in [0.05, 0.1) is 5.52 Å². The molecule has 2 rings (SSSR count). The third-order valence-corrected chi connectivity index (χ3v) is 2.60. The number of aromatic hydroxyl groups is 1. The van der Waals surface area contributed by atoms with Gasteiger partial charge < -0.3 is 5.11 Å². The number of pyridine rings is 2. The highest BCUT2D eigenvalue weighted by molar-refractivity contribution is 14.1. The smallest absolute Gasteiger partial charge is 0.148 e. The summed E-state index contributed by atoms with van der Waals surface area (Å²) in [5.74, 6) is 0.164. The van der Waals surface area contributed by atoms with Crippen molar-refractivity contribution in [3.8, 4) is 5.75 Å². The van der Waals surface area contributed by atoms with Crippen molar-refractivity contribution in [2.24, 2.45) is 0 Å². The zero-order chi connectivity index (χ0) is 9.42. The molecule has 0 saturated carbocycles. The largest absolute Gasteiger partial charge is 0.505 e. The van der Waals surface area contributed by atoms with Gasteiger partial charge >= 0.3 is 0 Å². The van der Waals surface area contributed by atoms with E-state index < -0.39 is 0 Å². The number of aromatic nitrogens is 2. The third-order valence-electron chi connectivity index (χ3n) is 1.60. The molecule has 2 heterocycles. The Morgan fingerprint density at radius 3 is 2.92 bits per heavy atom. The number of rotatable bonds is 0. The van der Waals surface area contributed by atoms with Gasteiger partial charge in [-0.05, 0) is 28.7 Å². The topological polar surface area (TPSA) is 46.0 Å². The van der Waals surface area contributed by atoms with Crippen LogP contribution in [0.3, 0.4) is 0 Å². The molecule has 0 bridgehead atoms. The van der Waals surface area contributed by atoms with Crippen molar-refractivity contribution in [2.75, 3.05) is 0 Å². The molecule has 0 fully saturated rings. The first-order valence-corrected chi connectivity index (χ1v) is 4.93. The SMILES string of the molecule is Oc1cc2cnc(Cl)cc2nc1I. The van der Waals surface area contributed by atoms with Crippen molar-refractivity contribution in [1.82, 2.24) is 9.97 Å². The lowest BCUT2D eigenvalue weighted by Gasteiger charge is -2.00. The molecule has 0 amide bonds. The lowest BCUT2D eigenvalue weighted by molar-refractivity contribution is 0.469. The van der Waals surface area contributed by atoms with Crippen molar-refractivity contribution < 1.29 is 5.11 Å². The van der Waals surface area contributed by atoms with Gasteiger partial charge in [-0.25, -0.2) is 9.97 Å². The molecule has 5 heteroatoms. The minimum absolute atomic E-state index is 0.164. The number of hydrogen-bond donors (Lipinski definition) is 1. The molecule has 0 aliphatic heterocycles. The van der Waals surface area contributed by atoms with E-state index >= 15 is 0 Å². The molecule has 0 aliphatic carbocycles. The van der Waals surface area contributed by atoms with Gasteiger partial charge in [-0.3, -0.25) is 0 Å². The van der Waals surface area contributed by atoms with Crippen LogP contribution in [0.1, 0.15) is 0 Å². The van der Waals surface area contributed by atoms with E-state index in [-0.39, 0.29) is 5.75 Å². The van der Waals surface area contributed by atoms with Crippen LogP contribution in [0.25, 0.3) is 10.9 Å². The van der Waals surface area contributed by atoms with Gasteiger partial charge in [-0.1, -0.05) is 11.6 Å². The first-order chi connectivity index (χ1) is 6.16. The predicted octanol–water partition coefficient (Wildman–Crippen LogP) is 2.59. The van der Waals surface area contributed by atoms with E-state index in [1.165, 1.54) is 0 Å². The molecule has 0 aromatic carbocycles. The standard InChI is InChI=1S/C8H4ClIN2O/c9-7-2-5-4(3-11-7)1-6(13)8(10)12-5/h1-3,13H. The molecule has 13 heavy (non-hydrogen) atoms. The summed E-state index contributed by atoms with van der Waals surface area (Å²) < 4.78 is 0.562. The maximum absolute atomic E-state index is 9.36. The van der Waals surface area contributed by atoms with E-state index in [9.17, 15) is 5.11 Å². The second-order valence-corrected chi connectivity index (χ2v) is 3.91. The fourth-order valence-corrected chi connectivity index (χ4v) is 1.58. The summed E-state index contributed by atoms with van der Waals surface area (Å²) in [6, 6.07) is 3.28. The molecule has 0 atom stereocenters. The molecular weight excluding hydrogens is 302 g/mol. The Morgan fingerprint density at radius 1 is 1.38 bits per heavy atom. The van der Waals surface area contributed by atoms with Gasteiger partial charge in [0.2, 0.25) is 0 Å². The molecule has 3 nitrogen and oxygen atoms in total. The van der Waals surface area contributed by atoms with Crippen LogP contribution in [0, 0.1) is 3.70 Å². The zero-order valence-electron chi connectivity index (χ0n) is 6.33. The van der Waals surface area contributed by atoms with E-state index in [1.807, 2.05) is 22.6 Å². The Hall–Kier alpha value is -0.620. The number of fused-ring (bicyclic) bond motifs is 1. The van der Waals surface area contributed by atoms with Gasteiger partial charge in [0.1, 0.15) is 14.6 Å². The highest BCUT2D eigenvalue weighted by atomic mass is 127. The summed E-state index contributed by atoms with van der Waals surface area (Å²) in [5, 5.41) is 10.5. The Labute approximate surface area is 92.9 Å². The highest BCUT2D eigenvalue weighted by Gasteiger charge is 2.03. The van der Waals surface area contributed by atoms with Gasteiger partial charge in [-0.15, -0.1) is 0 Å². The zero-order valence-corrected chi connectivity index (χ0v) is 9.24. The summed E-state index contributed by atoms with van der Waals surface area (Å²) in [5.41, 5.74) is 0.738. The highest BCUT2D eigenvalue weighted by Crippen LogP contribution is 2.23. The first-order valence-electron chi connectivity index (χ1n) is 3.47. The summed E-state index contributed by atoms with van der Waals surface area (Å²) in [6.07, 6.45) is 1.58. The Morgan fingerprint density at radius 2 is 2.15 bits per heavy atom. The van der Waals surface area contributed by atoms with Gasteiger partial charge in [-0.2, -0.15) is 0 Å². The van der Waals surface area contributed by atoms with Gasteiger partial charge in [0.25, 0.3) is 0 Å². The first kappa shape index (κ1) is 8.96. The van der Waals surface area contributed by atoms with Crippen LogP contribution in [0.2, 0.25) is 5.15 Å². The molecule has 2 aromatic heterocycles. The minimum atomic E-state index is 0.164. The van der Waals surface area contributed by atoms with E-state index in [1.54, 1.807) is 18.3 Å². The lowest BCUT2D eigenvalue weighted by Crippen LogP contribution is -1.85. The number of nitrogens with zero attached hydrogens (tertiary/aromatic N) is 2. The Kier molecular flexibility index (Phi) is 2.25. The van der Waals surface area contributed by atoms with Gasteiger partial charge in [0, 0.05) is 17.6 Å². The van der Waals surface area contributed by atoms with E-state index in [0.717, 1.165) is 10.9 Å². The van der Waals surface area contributed by atoms with Crippen LogP contribution in [0.15, 0.2) is 18.3 Å². The Balaban J connectivity index is 2.81. The molecule has 0 saturated heterocycles. The molecule has 1 N–H and O–H groups in total. The van der Waals surface area contributed by atoms with E-state index in [2.05, 4.69) is 9.97 Å². The van der Waals surface area contributed by atoms with E-state index in [0.29, 0.717) is 8.85 Å². The second-order valence-electron chi connectivity index (χ2n) is 2.50. The normalized spacial score (nSPS) is 10.6. The number of hydrogen-bond acceptors (Lipinski definition) is 3. The monoisotopic (exact) mass is 306 g/mol. The fraction of sp³-hybridized carbons (Fsp3) is 0.